The van der Waals surface area contributed by atoms with Gasteiger partial charge in [-0.1, -0.05) is 12.1 Å². The van der Waals surface area contributed by atoms with Crippen LogP contribution in [0.5, 0.6) is 0 Å². The Balaban J connectivity index is 1.64. The van der Waals surface area contributed by atoms with Crippen LogP contribution >= 0.6 is 0 Å². The molecule has 22 heavy (non-hydrogen) atoms. The van der Waals surface area contributed by atoms with Crippen LogP contribution in [0.25, 0.3) is 11.1 Å². The highest BCUT2D eigenvalue weighted by atomic mass is 16.6. The van der Waals surface area contributed by atoms with Crippen molar-refractivity contribution in [2.75, 3.05) is 31.6 Å². The molecule has 1 aromatic carbocycles. The molecule has 0 unspecified atom stereocenters. The number of hydrogen-bond donors (Lipinski definition) is 0. The van der Waals surface area contributed by atoms with Crippen molar-refractivity contribution < 1.29 is 13.9 Å². The fraction of sp³-hybridized carbons (Fsp3) is 0.500. The average Bonchev–Trinajstić information content (AvgIpc) is 2.98. The molecule has 6 nitrogen and oxygen atoms in total. The van der Waals surface area contributed by atoms with Crippen molar-refractivity contribution in [3.63, 3.8) is 0 Å². The molecule has 2 heterocycles. The minimum Gasteiger partial charge on any atom is -0.450 e. The molecule has 0 N–H and O–H groups in total. The monoisotopic (exact) mass is 303 g/mol. The predicted molar refractivity (Wildman–Crippen MR) is 84.0 cm³/mol. The standard InChI is InChI=1S/C16H21N3O3/c1-3-21-16(20)19-10-8-12(9-11-19)18(2)15-17-13-6-4-5-7-14(13)22-15/h4-7,12H,3,8-11H2,1-2H3. The van der Waals surface area contributed by atoms with Crippen LogP contribution in [0.4, 0.5) is 10.8 Å². The Morgan fingerprint density at radius 2 is 2.14 bits per heavy atom. The van der Waals surface area contributed by atoms with Crippen LogP contribution in [0, 0.1) is 0 Å². The third-order valence-corrected chi connectivity index (χ3v) is 4.12. The Hall–Kier alpha value is -2.24. The summed E-state index contributed by atoms with van der Waals surface area (Å²) in [6.45, 7) is 3.65. The molecule has 0 bridgehead atoms. The lowest BCUT2D eigenvalue weighted by Gasteiger charge is -2.35. The number of aromatic nitrogens is 1. The Morgan fingerprint density at radius 3 is 2.82 bits per heavy atom. The van der Waals surface area contributed by atoms with Crippen LogP contribution in [-0.4, -0.2) is 48.8 Å². The topological polar surface area (TPSA) is 58.8 Å². The lowest BCUT2D eigenvalue weighted by molar-refractivity contribution is 0.0969. The summed E-state index contributed by atoms with van der Waals surface area (Å²) < 4.78 is 10.8. The number of benzene rings is 1. The Kier molecular flexibility index (Phi) is 4.18. The van der Waals surface area contributed by atoms with E-state index in [4.69, 9.17) is 9.15 Å². The normalized spacial score (nSPS) is 16.0. The first-order valence-corrected chi connectivity index (χ1v) is 7.69. The van der Waals surface area contributed by atoms with E-state index in [9.17, 15) is 4.79 Å². The average molecular weight is 303 g/mol. The van der Waals surface area contributed by atoms with Gasteiger partial charge in [0.15, 0.2) is 5.58 Å². The second-order valence-electron chi connectivity index (χ2n) is 5.49. The van der Waals surface area contributed by atoms with Gasteiger partial charge in [-0.15, -0.1) is 0 Å². The van der Waals surface area contributed by atoms with Crippen molar-refractivity contribution in [1.82, 2.24) is 9.88 Å². The molecule has 3 rings (SSSR count). The van der Waals surface area contributed by atoms with Gasteiger partial charge in [-0.2, -0.15) is 4.98 Å². The van der Waals surface area contributed by atoms with Crippen molar-refractivity contribution in [3.05, 3.63) is 24.3 Å². The van der Waals surface area contributed by atoms with Crippen LogP contribution < -0.4 is 4.90 Å². The number of fused-ring (bicyclic) bond motifs is 1. The number of likely N-dealkylation sites (tertiary alicyclic amines) is 1. The van der Waals surface area contributed by atoms with Gasteiger partial charge in [0, 0.05) is 26.2 Å². The molecular weight excluding hydrogens is 282 g/mol. The Morgan fingerprint density at radius 1 is 1.41 bits per heavy atom. The first kappa shape index (κ1) is 14.7. The van der Waals surface area contributed by atoms with E-state index >= 15 is 0 Å². The molecule has 1 aliphatic rings. The van der Waals surface area contributed by atoms with E-state index < -0.39 is 0 Å². The molecule has 1 aliphatic heterocycles. The number of oxazole rings is 1. The third kappa shape index (κ3) is 2.86. The van der Waals surface area contributed by atoms with Gasteiger partial charge in [0.05, 0.1) is 6.61 Å². The first-order chi connectivity index (χ1) is 10.7. The number of hydrogen-bond acceptors (Lipinski definition) is 5. The maximum absolute atomic E-state index is 11.7. The Labute approximate surface area is 129 Å². The molecule has 1 fully saturated rings. The summed E-state index contributed by atoms with van der Waals surface area (Å²) in [5.74, 6) is 0. The van der Waals surface area contributed by atoms with E-state index in [0.717, 1.165) is 23.9 Å². The van der Waals surface area contributed by atoms with E-state index in [1.165, 1.54) is 0 Å². The fourth-order valence-corrected chi connectivity index (χ4v) is 2.82. The van der Waals surface area contributed by atoms with Crippen LogP contribution in [0.3, 0.4) is 0 Å². The summed E-state index contributed by atoms with van der Waals surface area (Å²) in [5, 5.41) is 0. The molecule has 1 saturated heterocycles. The number of ether oxygens (including phenoxy) is 1. The summed E-state index contributed by atoms with van der Waals surface area (Å²) >= 11 is 0. The summed E-state index contributed by atoms with van der Waals surface area (Å²) in [6.07, 6.45) is 1.55. The molecule has 0 aliphatic carbocycles. The van der Waals surface area contributed by atoms with Gasteiger partial charge in [-0.3, -0.25) is 0 Å². The quantitative estimate of drug-likeness (QED) is 0.872. The predicted octanol–water partition coefficient (Wildman–Crippen LogP) is 2.88. The van der Waals surface area contributed by atoms with Crippen molar-refractivity contribution >= 4 is 23.2 Å². The number of rotatable bonds is 3. The molecule has 6 heteroatoms. The Bertz CT molecular complexity index is 614. The van der Waals surface area contributed by atoms with Gasteiger partial charge < -0.3 is 19.0 Å². The number of carbonyl (C=O) groups excluding carboxylic acids is 1. The van der Waals surface area contributed by atoms with Gasteiger partial charge in [-0.05, 0) is 31.9 Å². The minimum atomic E-state index is -0.217. The molecule has 118 valence electrons. The van der Waals surface area contributed by atoms with Gasteiger partial charge in [0.1, 0.15) is 5.52 Å². The molecule has 0 radical (unpaired) electrons. The van der Waals surface area contributed by atoms with Crippen molar-refractivity contribution in [2.45, 2.75) is 25.8 Å². The molecule has 0 atom stereocenters. The second-order valence-corrected chi connectivity index (χ2v) is 5.49. The van der Waals surface area contributed by atoms with E-state index in [2.05, 4.69) is 9.88 Å². The molecule has 2 aromatic rings. The summed E-state index contributed by atoms with van der Waals surface area (Å²) in [4.78, 5) is 20.1. The fourth-order valence-electron chi connectivity index (χ4n) is 2.82. The van der Waals surface area contributed by atoms with Crippen LogP contribution in [0.1, 0.15) is 19.8 Å². The minimum absolute atomic E-state index is 0.217. The van der Waals surface area contributed by atoms with Crippen molar-refractivity contribution in [2.24, 2.45) is 0 Å². The summed E-state index contributed by atoms with van der Waals surface area (Å²) in [7, 11) is 2.00. The number of para-hydroxylation sites is 2. The first-order valence-electron chi connectivity index (χ1n) is 7.69. The highest BCUT2D eigenvalue weighted by Crippen LogP contribution is 2.25. The maximum Gasteiger partial charge on any atom is 0.409 e. The molecule has 0 saturated carbocycles. The molecular formula is C16H21N3O3. The number of amides is 1. The van der Waals surface area contributed by atoms with Crippen molar-refractivity contribution in [1.29, 1.82) is 0 Å². The highest BCUT2D eigenvalue weighted by molar-refractivity contribution is 5.74. The van der Waals surface area contributed by atoms with Crippen molar-refractivity contribution in [3.8, 4) is 0 Å². The van der Waals surface area contributed by atoms with Gasteiger partial charge in [0.2, 0.25) is 0 Å². The van der Waals surface area contributed by atoms with Crippen LogP contribution in [-0.2, 0) is 4.74 Å². The SMILES string of the molecule is CCOC(=O)N1CCC(N(C)c2nc3ccccc3o2)CC1. The lowest BCUT2D eigenvalue weighted by atomic mass is 10.0. The van der Waals surface area contributed by atoms with E-state index in [1.54, 1.807) is 4.90 Å². The number of anilines is 1. The van der Waals surface area contributed by atoms with Crippen LogP contribution in [0.2, 0.25) is 0 Å². The van der Waals surface area contributed by atoms with E-state index in [0.29, 0.717) is 31.8 Å². The number of piperidine rings is 1. The zero-order chi connectivity index (χ0) is 15.5. The molecule has 1 aromatic heterocycles. The zero-order valence-electron chi connectivity index (χ0n) is 13.0. The summed E-state index contributed by atoms with van der Waals surface area (Å²) in [6, 6.07) is 8.71. The van der Waals surface area contributed by atoms with Crippen LogP contribution in [0.15, 0.2) is 28.7 Å². The molecule has 0 spiro atoms. The zero-order valence-corrected chi connectivity index (χ0v) is 13.0. The van der Waals surface area contributed by atoms with E-state index in [1.807, 2.05) is 38.2 Å². The second kappa shape index (κ2) is 6.25. The third-order valence-electron chi connectivity index (χ3n) is 4.12. The van der Waals surface area contributed by atoms with Gasteiger partial charge in [0.25, 0.3) is 6.01 Å². The highest BCUT2D eigenvalue weighted by Gasteiger charge is 2.27. The van der Waals surface area contributed by atoms with E-state index in [-0.39, 0.29) is 6.09 Å². The maximum atomic E-state index is 11.7. The smallest absolute Gasteiger partial charge is 0.409 e. The number of carbonyl (C=O) groups is 1. The van der Waals surface area contributed by atoms with Gasteiger partial charge >= 0.3 is 6.09 Å². The number of nitrogens with zero attached hydrogens (tertiary/aromatic N) is 3. The lowest BCUT2D eigenvalue weighted by Crippen LogP contribution is -2.45. The van der Waals surface area contributed by atoms with Gasteiger partial charge in [-0.25, -0.2) is 4.79 Å². The molecule has 1 amide bonds. The summed E-state index contributed by atoms with van der Waals surface area (Å²) in [5.41, 5.74) is 1.67. The largest absolute Gasteiger partial charge is 0.450 e.